The third-order valence-corrected chi connectivity index (χ3v) is 6.29. The predicted molar refractivity (Wildman–Crippen MR) is 120 cm³/mol. The van der Waals surface area contributed by atoms with Crippen molar-refractivity contribution in [1.29, 1.82) is 5.41 Å². The second kappa shape index (κ2) is 9.43. The number of carbonyl (C=O) groups excluding carboxylic acids is 1. The van der Waals surface area contributed by atoms with Gasteiger partial charge in [-0.15, -0.1) is 0 Å². The van der Waals surface area contributed by atoms with Crippen molar-refractivity contribution in [3.05, 3.63) is 52.2 Å². The number of anilines is 2. The average Bonchev–Trinajstić information content (AvgIpc) is 2.69. The molecule has 0 unspecified atom stereocenters. The lowest BCUT2D eigenvalue weighted by atomic mass is 10.0. The molecule has 1 aromatic carbocycles. The molecular weight excluding hydrogens is 392 g/mol. The largest absolute Gasteiger partial charge is 0.367 e. The van der Waals surface area contributed by atoms with Crippen LogP contribution in [-0.2, 0) is 0 Å². The van der Waals surface area contributed by atoms with E-state index in [1.165, 1.54) is 11.8 Å². The summed E-state index contributed by atoms with van der Waals surface area (Å²) >= 11 is 8.41. The minimum atomic E-state index is -0.335. The molecule has 1 amide bonds. The van der Waals surface area contributed by atoms with Crippen LogP contribution < -0.4 is 10.6 Å². The number of nitrogens with one attached hydrogen (secondary N) is 3. The molecule has 1 fully saturated rings. The first kappa shape index (κ1) is 20.7. The molecule has 1 saturated heterocycles. The Labute approximate surface area is 175 Å². The molecule has 0 bridgehead atoms. The quantitative estimate of drug-likeness (QED) is 0.549. The Hall–Kier alpha value is -2.05. The Kier molecular flexibility index (Phi) is 6.97. The van der Waals surface area contributed by atoms with Crippen molar-refractivity contribution < 1.29 is 4.79 Å². The lowest BCUT2D eigenvalue weighted by molar-refractivity contribution is 0.102. The van der Waals surface area contributed by atoms with Crippen LogP contribution in [0, 0.1) is 5.41 Å². The monoisotopic (exact) mass is 416 g/mol. The van der Waals surface area contributed by atoms with Gasteiger partial charge in [-0.1, -0.05) is 37.6 Å². The van der Waals surface area contributed by atoms with E-state index in [1.807, 2.05) is 36.0 Å². The number of rotatable bonds is 6. The molecule has 2 aromatic rings. The molecule has 0 saturated carbocycles. The van der Waals surface area contributed by atoms with Crippen LogP contribution in [0.2, 0.25) is 5.02 Å². The van der Waals surface area contributed by atoms with Crippen LogP contribution >= 0.6 is 23.4 Å². The van der Waals surface area contributed by atoms with Crippen molar-refractivity contribution in [3.8, 4) is 0 Å². The summed E-state index contributed by atoms with van der Waals surface area (Å²) in [6, 6.07) is 8.08. The molecule has 148 valence electrons. The van der Waals surface area contributed by atoms with Crippen molar-refractivity contribution in [1.82, 2.24) is 4.98 Å². The summed E-state index contributed by atoms with van der Waals surface area (Å²) in [5.41, 5.74) is 2.62. The zero-order valence-corrected chi connectivity index (χ0v) is 17.7. The van der Waals surface area contributed by atoms with E-state index in [1.54, 1.807) is 0 Å². The molecule has 0 spiro atoms. The summed E-state index contributed by atoms with van der Waals surface area (Å²) in [4.78, 5) is 17.1. The minimum Gasteiger partial charge on any atom is -0.367 e. The van der Waals surface area contributed by atoms with Crippen molar-refractivity contribution in [3.63, 3.8) is 0 Å². The van der Waals surface area contributed by atoms with E-state index in [4.69, 9.17) is 17.0 Å². The van der Waals surface area contributed by atoms with Crippen molar-refractivity contribution >= 4 is 47.0 Å². The Balaban J connectivity index is 1.77. The van der Waals surface area contributed by atoms with Crippen molar-refractivity contribution in [2.75, 3.05) is 22.1 Å². The van der Waals surface area contributed by atoms with Crippen LogP contribution in [-0.4, -0.2) is 34.7 Å². The van der Waals surface area contributed by atoms with Crippen LogP contribution in [0.1, 0.15) is 54.1 Å². The van der Waals surface area contributed by atoms with Gasteiger partial charge < -0.3 is 16.0 Å². The molecule has 7 heteroatoms. The Morgan fingerprint density at radius 1 is 1.29 bits per heavy atom. The maximum atomic E-state index is 12.7. The number of amides is 1. The molecule has 0 radical (unpaired) electrons. The summed E-state index contributed by atoms with van der Waals surface area (Å²) in [7, 11) is 0. The van der Waals surface area contributed by atoms with E-state index in [0.717, 1.165) is 30.6 Å². The van der Waals surface area contributed by atoms with Gasteiger partial charge in [0, 0.05) is 24.1 Å². The normalized spacial score (nSPS) is 14.7. The molecule has 28 heavy (non-hydrogen) atoms. The van der Waals surface area contributed by atoms with E-state index in [2.05, 4.69) is 29.5 Å². The lowest BCUT2D eigenvalue weighted by Gasteiger charge is -2.24. The first-order valence-electron chi connectivity index (χ1n) is 9.44. The lowest BCUT2D eigenvalue weighted by Crippen LogP contribution is -2.26. The van der Waals surface area contributed by atoms with Gasteiger partial charge in [-0.25, -0.2) is 4.98 Å². The van der Waals surface area contributed by atoms with Gasteiger partial charge in [-0.3, -0.25) is 4.79 Å². The number of hydrogen-bond acceptors (Lipinski definition) is 5. The van der Waals surface area contributed by atoms with Crippen LogP contribution in [0.15, 0.2) is 30.5 Å². The summed E-state index contributed by atoms with van der Waals surface area (Å²) in [5.74, 6) is 2.89. The maximum absolute atomic E-state index is 12.7. The van der Waals surface area contributed by atoms with Crippen LogP contribution in [0.4, 0.5) is 11.5 Å². The van der Waals surface area contributed by atoms with Gasteiger partial charge in [0.2, 0.25) is 0 Å². The Bertz CT molecular complexity index is 848. The smallest absolute Gasteiger partial charge is 0.258 e. The number of hydrogen-bond donors (Lipinski definition) is 3. The van der Waals surface area contributed by atoms with Gasteiger partial charge in [-0.2, -0.15) is 11.8 Å². The topological polar surface area (TPSA) is 77.9 Å². The number of benzene rings is 1. The molecule has 1 aromatic heterocycles. The third-order valence-electron chi connectivity index (χ3n) is 4.84. The summed E-state index contributed by atoms with van der Waals surface area (Å²) in [6.45, 7) is 4.25. The molecule has 0 atom stereocenters. The zero-order valence-electron chi connectivity index (χ0n) is 16.1. The molecule has 3 N–H and O–H groups in total. The summed E-state index contributed by atoms with van der Waals surface area (Å²) in [6.07, 6.45) is 4.74. The third kappa shape index (κ3) is 4.86. The number of thioether (sulfide) groups is 1. The predicted octanol–water partition coefficient (Wildman–Crippen LogP) is 5.42. The Morgan fingerprint density at radius 3 is 2.57 bits per heavy atom. The minimum absolute atomic E-state index is 0.244. The molecule has 0 aliphatic carbocycles. The second-order valence-corrected chi connectivity index (χ2v) is 8.76. The highest BCUT2D eigenvalue weighted by molar-refractivity contribution is 7.99. The van der Waals surface area contributed by atoms with Crippen molar-refractivity contribution in [2.45, 2.75) is 38.6 Å². The molecular formula is C21H25ClN4OS. The first-order chi connectivity index (χ1) is 13.5. The summed E-state index contributed by atoms with van der Waals surface area (Å²) < 4.78 is 0. The average molecular weight is 417 g/mol. The standard InChI is InChI=1S/C21H25ClN4OS/c1-13(2)14-3-5-15(6-4-14)26-21(27)18-12-24-20(17(11-23)19(18)22)25-16-7-9-28-10-8-16/h3-6,11-13,16,23H,7-10H2,1-2H3,(H,24,25)(H,26,27). The van der Waals surface area contributed by atoms with Crippen LogP contribution in [0.3, 0.4) is 0 Å². The number of carbonyl (C=O) groups is 1. The van der Waals surface area contributed by atoms with E-state index in [0.29, 0.717) is 29.0 Å². The van der Waals surface area contributed by atoms with Gasteiger partial charge in [0.1, 0.15) is 5.82 Å². The van der Waals surface area contributed by atoms with E-state index in [9.17, 15) is 4.79 Å². The van der Waals surface area contributed by atoms with Gasteiger partial charge in [0.15, 0.2) is 0 Å². The highest BCUT2D eigenvalue weighted by atomic mass is 35.5. The summed E-state index contributed by atoms with van der Waals surface area (Å²) in [5, 5.41) is 14.2. The number of nitrogens with zero attached hydrogens (tertiary/aromatic N) is 1. The van der Waals surface area contributed by atoms with Crippen LogP contribution in [0.25, 0.3) is 0 Å². The maximum Gasteiger partial charge on any atom is 0.258 e. The zero-order chi connectivity index (χ0) is 20.1. The molecule has 5 nitrogen and oxygen atoms in total. The molecule has 1 aliphatic rings. The number of pyridine rings is 1. The fourth-order valence-electron chi connectivity index (χ4n) is 3.09. The van der Waals surface area contributed by atoms with Crippen molar-refractivity contribution in [2.24, 2.45) is 0 Å². The van der Waals surface area contributed by atoms with Gasteiger partial charge >= 0.3 is 0 Å². The Morgan fingerprint density at radius 2 is 1.96 bits per heavy atom. The molecule has 2 heterocycles. The van der Waals surface area contributed by atoms with E-state index < -0.39 is 0 Å². The van der Waals surface area contributed by atoms with E-state index >= 15 is 0 Å². The van der Waals surface area contributed by atoms with Gasteiger partial charge in [-0.05, 0) is 48.0 Å². The fourth-order valence-corrected chi connectivity index (χ4v) is 4.48. The molecule has 1 aliphatic heterocycles. The second-order valence-electron chi connectivity index (χ2n) is 7.15. The first-order valence-corrected chi connectivity index (χ1v) is 11.0. The van der Waals surface area contributed by atoms with Gasteiger partial charge in [0.05, 0.1) is 16.1 Å². The number of halogens is 1. The number of aromatic nitrogens is 1. The fraction of sp³-hybridized carbons (Fsp3) is 0.381. The highest BCUT2D eigenvalue weighted by Gasteiger charge is 2.20. The SMILES string of the molecule is CC(C)c1ccc(NC(=O)c2cnc(NC3CCSCC3)c(C=N)c2Cl)cc1. The highest BCUT2D eigenvalue weighted by Crippen LogP contribution is 2.28. The van der Waals surface area contributed by atoms with Crippen LogP contribution in [0.5, 0.6) is 0 Å². The van der Waals surface area contributed by atoms with Gasteiger partial charge in [0.25, 0.3) is 5.91 Å². The van der Waals surface area contributed by atoms with E-state index in [-0.39, 0.29) is 16.5 Å². The molecule has 3 rings (SSSR count).